The monoisotopic (exact) mass is 231 g/mol. The fraction of sp³-hybridized carbons (Fsp3) is 0.533. The standard InChI is InChI=1S/C15H21NO/c1-15(2,3)12-9-7-11(8-10-12)13-5-4-6-14(13)16-17/h7-10,13,17H,4-6H2,1-3H3/b16-14+. The van der Waals surface area contributed by atoms with E-state index in [1.54, 1.807) is 0 Å². The smallest absolute Gasteiger partial charge is 0.0645 e. The zero-order valence-corrected chi connectivity index (χ0v) is 10.9. The first-order valence-electron chi connectivity index (χ1n) is 6.33. The minimum absolute atomic E-state index is 0.197. The van der Waals surface area contributed by atoms with Crippen molar-refractivity contribution < 1.29 is 5.21 Å². The molecule has 0 heterocycles. The largest absolute Gasteiger partial charge is 0.411 e. The lowest BCUT2D eigenvalue weighted by atomic mass is 9.85. The van der Waals surface area contributed by atoms with E-state index in [2.05, 4.69) is 50.2 Å². The van der Waals surface area contributed by atoms with Gasteiger partial charge in [0.25, 0.3) is 0 Å². The van der Waals surface area contributed by atoms with Gasteiger partial charge in [-0.2, -0.15) is 0 Å². The van der Waals surface area contributed by atoms with Crippen molar-refractivity contribution in [3.05, 3.63) is 35.4 Å². The molecule has 1 aliphatic carbocycles. The summed E-state index contributed by atoms with van der Waals surface area (Å²) in [7, 11) is 0. The minimum atomic E-state index is 0.197. The van der Waals surface area contributed by atoms with Gasteiger partial charge >= 0.3 is 0 Å². The van der Waals surface area contributed by atoms with Gasteiger partial charge < -0.3 is 5.21 Å². The van der Waals surface area contributed by atoms with E-state index in [1.807, 2.05) is 0 Å². The molecule has 1 fully saturated rings. The Balaban J connectivity index is 2.24. The zero-order valence-electron chi connectivity index (χ0n) is 10.9. The van der Waals surface area contributed by atoms with E-state index in [9.17, 15) is 0 Å². The summed E-state index contributed by atoms with van der Waals surface area (Å²) in [4.78, 5) is 0. The van der Waals surface area contributed by atoms with Crippen LogP contribution in [0.1, 0.15) is 57.1 Å². The van der Waals surface area contributed by atoms with Crippen molar-refractivity contribution in [2.75, 3.05) is 0 Å². The van der Waals surface area contributed by atoms with Crippen LogP contribution in [0.5, 0.6) is 0 Å². The Hall–Kier alpha value is -1.31. The van der Waals surface area contributed by atoms with E-state index in [1.165, 1.54) is 11.1 Å². The summed E-state index contributed by atoms with van der Waals surface area (Å²) in [5.41, 5.74) is 3.76. The Kier molecular flexibility index (Phi) is 3.23. The molecule has 92 valence electrons. The van der Waals surface area contributed by atoms with Gasteiger partial charge in [0, 0.05) is 5.92 Å². The molecule has 1 atom stereocenters. The molecule has 0 aromatic heterocycles. The average molecular weight is 231 g/mol. The third-order valence-electron chi connectivity index (χ3n) is 3.64. The number of hydrogen-bond acceptors (Lipinski definition) is 2. The summed E-state index contributed by atoms with van der Waals surface area (Å²) in [5, 5.41) is 12.4. The van der Waals surface area contributed by atoms with Gasteiger partial charge in [-0.05, 0) is 35.8 Å². The van der Waals surface area contributed by atoms with Crippen LogP contribution in [0, 0.1) is 0 Å². The first-order valence-corrected chi connectivity index (χ1v) is 6.33. The lowest BCUT2D eigenvalue weighted by Gasteiger charge is -2.20. The maximum absolute atomic E-state index is 8.97. The van der Waals surface area contributed by atoms with Crippen LogP contribution in [0.15, 0.2) is 29.4 Å². The van der Waals surface area contributed by atoms with E-state index >= 15 is 0 Å². The Bertz CT molecular complexity index is 412. The lowest BCUT2D eigenvalue weighted by Crippen LogP contribution is -2.11. The van der Waals surface area contributed by atoms with Crippen LogP contribution < -0.4 is 0 Å². The quantitative estimate of drug-likeness (QED) is 0.573. The molecule has 1 unspecified atom stereocenters. The van der Waals surface area contributed by atoms with Gasteiger partial charge in [-0.3, -0.25) is 0 Å². The highest BCUT2D eigenvalue weighted by Gasteiger charge is 2.25. The van der Waals surface area contributed by atoms with E-state index in [4.69, 9.17) is 5.21 Å². The number of hydrogen-bond donors (Lipinski definition) is 1. The molecule has 0 bridgehead atoms. The second kappa shape index (κ2) is 4.52. The molecule has 0 saturated heterocycles. The Morgan fingerprint density at radius 3 is 2.35 bits per heavy atom. The maximum Gasteiger partial charge on any atom is 0.0645 e. The Morgan fingerprint density at radius 1 is 1.18 bits per heavy atom. The molecular weight excluding hydrogens is 210 g/mol. The van der Waals surface area contributed by atoms with Crippen molar-refractivity contribution in [2.45, 2.75) is 51.4 Å². The van der Waals surface area contributed by atoms with Crippen molar-refractivity contribution in [1.82, 2.24) is 0 Å². The second-order valence-electron chi connectivity index (χ2n) is 5.91. The summed E-state index contributed by atoms with van der Waals surface area (Å²) >= 11 is 0. The third kappa shape index (κ3) is 2.51. The second-order valence-corrected chi connectivity index (χ2v) is 5.91. The first-order chi connectivity index (χ1) is 8.02. The van der Waals surface area contributed by atoms with Crippen LogP contribution in [0.4, 0.5) is 0 Å². The van der Waals surface area contributed by atoms with Gasteiger partial charge in [0.05, 0.1) is 5.71 Å². The van der Waals surface area contributed by atoms with Crippen LogP contribution in [0.25, 0.3) is 0 Å². The number of nitrogens with zero attached hydrogens (tertiary/aromatic N) is 1. The van der Waals surface area contributed by atoms with Gasteiger partial charge in [-0.25, -0.2) is 0 Å². The number of benzene rings is 1. The van der Waals surface area contributed by atoms with Crippen molar-refractivity contribution in [3.8, 4) is 0 Å². The summed E-state index contributed by atoms with van der Waals surface area (Å²) in [6.07, 6.45) is 3.17. The van der Waals surface area contributed by atoms with Crippen LogP contribution >= 0.6 is 0 Å². The molecule has 1 N–H and O–H groups in total. The topological polar surface area (TPSA) is 32.6 Å². The molecule has 1 aliphatic rings. The molecule has 17 heavy (non-hydrogen) atoms. The summed E-state index contributed by atoms with van der Waals surface area (Å²) in [6, 6.07) is 8.76. The van der Waals surface area contributed by atoms with Gasteiger partial charge in [0.2, 0.25) is 0 Å². The van der Waals surface area contributed by atoms with Gasteiger partial charge in [-0.15, -0.1) is 0 Å². The fourth-order valence-corrected chi connectivity index (χ4v) is 2.52. The Morgan fingerprint density at radius 2 is 1.82 bits per heavy atom. The molecule has 2 heteroatoms. The van der Waals surface area contributed by atoms with Crippen molar-refractivity contribution in [1.29, 1.82) is 0 Å². The van der Waals surface area contributed by atoms with Crippen LogP contribution in [0.3, 0.4) is 0 Å². The van der Waals surface area contributed by atoms with Crippen LogP contribution in [-0.4, -0.2) is 10.9 Å². The van der Waals surface area contributed by atoms with Crippen molar-refractivity contribution >= 4 is 5.71 Å². The molecule has 1 aromatic rings. The molecule has 0 radical (unpaired) electrons. The first kappa shape index (κ1) is 12.2. The summed E-state index contributed by atoms with van der Waals surface area (Å²) in [6.45, 7) is 6.66. The van der Waals surface area contributed by atoms with E-state index in [0.717, 1.165) is 25.0 Å². The predicted octanol–water partition coefficient (Wildman–Crippen LogP) is 4.08. The van der Waals surface area contributed by atoms with Crippen LogP contribution in [-0.2, 0) is 5.41 Å². The molecule has 0 aliphatic heterocycles. The highest BCUT2D eigenvalue weighted by atomic mass is 16.4. The normalized spacial score (nSPS) is 23.2. The molecule has 2 rings (SSSR count). The zero-order chi connectivity index (χ0) is 12.5. The predicted molar refractivity (Wildman–Crippen MR) is 71.0 cm³/mol. The average Bonchev–Trinajstić information content (AvgIpc) is 2.76. The van der Waals surface area contributed by atoms with Crippen molar-refractivity contribution in [2.24, 2.45) is 5.16 Å². The van der Waals surface area contributed by atoms with E-state index in [0.29, 0.717) is 5.92 Å². The molecular formula is C15H21NO. The van der Waals surface area contributed by atoms with Gasteiger partial charge in [0.15, 0.2) is 0 Å². The molecule has 1 saturated carbocycles. The summed E-state index contributed by atoms with van der Waals surface area (Å²) in [5.74, 6) is 0.328. The fourth-order valence-electron chi connectivity index (χ4n) is 2.52. The highest BCUT2D eigenvalue weighted by molar-refractivity contribution is 5.92. The van der Waals surface area contributed by atoms with E-state index < -0.39 is 0 Å². The van der Waals surface area contributed by atoms with Gasteiger partial charge in [0.1, 0.15) is 0 Å². The lowest BCUT2D eigenvalue weighted by molar-refractivity contribution is 0.316. The van der Waals surface area contributed by atoms with Crippen LogP contribution in [0.2, 0.25) is 0 Å². The molecule has 0 amide bonds. The maximum atomic E-state index is 8.97. The summed E-state index contributed by atoms with van der Waals surface area (Å²) < 4.78 is 0. The third-order valence-corrected chi connectivity index (χ3v) is 3.64. The Labute approximate surface area is 103 Å². The molecule has 2 nitrogen and oxygen atoms in total. The van der Waals surface area contributed by atoms with E-state index in [-0.39, 0.29) is 5.41 Å². The number of oxime groups is 1. The SMILES string of the molecule is CC(C)(C)c1ccc(C2CCC/C2=N\O)cc1. The molecule has 1 aromatic carbocycles. The van der Waals surface area contributed by atoms with Crippen molar-refractivity contribution in [3.63, 3.8) is 0 Å². The minimum Gasteiger partial charge on any atom is -0.411 e. The highest BCUT2D eigenvalue weighted by Crippen LogP contribution is 2.33. The van der Waals surface area contributed by atoms with Gasteiger partial charge in [-0.1, -0.05) is 50.2 Å². The molecule has 0 spiro atoms. The number of rotatable bonds is 1.